The Bertz CT molecular complexity index is 1050. The van der Waals surface area contributed by atoms with Crippen molar-refractivity contribution in [2.45, 2.75) is 52.1 Å². The summed E-state index contributed by atoms with van der Waals surface area (Å²) in [5.41, 5.74) is 0.385. The third-order valence-electron chi connectivity index (χ3n) is 5.57. The van der Waals surface area contributed by atoms with Crippen LogP contribution in [-0.4, -0.2) is 50.7 Å². The molecule has 1 atom stereocenters. The fraction of sp³-hybridized carbons (Fsp3) is 0.550. The highest BCUT2D eigenvalue weighted by Crippen LogP contribution is 2.25. The van der Waals surface area contributed by atoms with E-state index in [0.29, 0.717) is 18.1 Å². The van der Waals surface area contributed by atoms with Crippen LogP contribution in [-0.2, 0) is 17.8 Å². The molecule has 0 aliphatic carbocycles. The average Bonchev–Trinajstić information content (AvgIpc) is 3.39. The van der Waals surface area contributed by atoms with Crippen LogP contribution in [0.2, 0.25) is 0 Å². The maximum Gasteiger partial charge on any atom is 0.291 e. The van der Waals surface area contributed by atoms with Crippen LogP contribution in [0.15, 0.2) is 22.3 Å². The van der Waals surface area contributed by atoms with E-state index in [4.69, 9.17) is 0 Å². The number of amides is 1. The molecule has 1 N–H and O–H groups in total. The van der Waals surface area contributed by atoms with Crippen LogP contribution in [0.1, 0.15) is 38.9 Å². The Balaban J connectivity index is 1.57. The van der Waals surface area contributed by atoms with Crippen molar-refractivity contribution in [3.05, 3.63) is 33.7 Å². The molecule has 1 unspecified atom stereocenters. The molecule has 0 aromatic carbocycles. The number of thiophene rings is 1. The largest absolute Gasteiger partial charge is 0.353 e. The lowest BCUT2D eigenvalue weighted by Gasteiger charge is -2.22. The summed E-state index contributed by atoms with van der Waals surface area (Å²) < 4.78 is 3.28. The second-order valence-corrected chi connectivity index (χ2v) is 8.30. The predicted octanol–water partition coefficient (Wildman–Crippen LogP) is 2.26. The van der Waals surface area contributed by atoms with Crippen LogP contribution in [0.25, 0.3) is 15.7 Å². The second kappa shape index (κ2) is 8.05. The van der Waals surface area contributed by atoms with E-state index in [2.05, 4.69) is 29.2 Å². The number of likely N-dealkylation sites (N-methyl/N-ethyl adjacent to an activating group) is 1. The number of nitrogens with zero attached hydrogens (tertiary/aromatic N) is 4. The lowest BCUT2D eigenvalue weighted by molar-refractivity contribution is -0.122. The highest BCUT2D eigenvalue weighted by molar-refractivity contribution is 7.16. The summed E-state index contributed by atoms with van der Waals surface area (Å²) in [6.45, 7) is 6.93. The minimum atomic E-state index is -0.213. The van der Waals surface area contributed by atoms with Gasteiger partial charge in [-0.3, -0.25) is 18.9 Å². The van der Waals surface area contributed by atoms with E-state index in [9.17, 15) is 9.59 Å². The van der Waals surface area contributed by atoms with Gasteiger partial charge in [-0.25, -0.2) is 4.68 Å². The summed E-state index contributed by atoms with van der Waals surface area (Å²) >= 11 is 1.61. The molecule has 0 bridgehead atoms. The van der Waals surface area contributed by atoms with Gasteiger partial charge in [0, 0.05) is 24.4 Å². The first-order valence-corrected chi connectivity index (χ1v) is 11.0. The summed E-state index contributed by atoms with van der Waals surface area (Å²) in [4.78, 5) is 28.9. The average molecular weight is 402 g/mol. The van der Waals surface area contributed by atoms with Gasteiger partial charge in [-0.2, -0.15) is 5.10 Å². The summed E-state index contributed by atoms with van der Waals surface area (Å²) in [6, 6.07) is 4.32. The first-order chi connectivity index (χ1) is 13.6. The Morgan fingerprint density at radius 1 is 1.39 bits per heavy atom. The fourth-order valence-corrected chi connectivity index (χ4v) is 5.07. The molecule has 1 aliphatic rings. The molecule has 0 radical (unpaired) electrons. The number of likely N-dealkylation sites (tertiary alicyclic amines) is 1. The highest BCUT2D eigenvalue weighted by Gasteiger charge is 2.23. The lowest BCUT2D eigenvalue weighted by Crippen LogP contribution is -2.42. The van der Waals surface area contributed by atoms with Crippen molar-refractivity contribution in [2.24, 2.45) is 0 Å². The Labute approximate surface area is 167 Å². The van der Waals surface area contributed by atoms with Crippen molar-refractivity contribution in [3.63, 3.8) is 0 Å². The number of aryl methyl sites for hydroxylation is 1. The number of hydrogen-bond acceptors (Lipinski definition) is 5. The third-order valence-corrected chi connectivity index (χ3v) is 6.48. The van der Waals surface area contributed by atoms with Crippen molar-refractivity contribution in [1.29, 1.82) is 0 Å². The van der Waals surface area contributed by atoms with Crippen LogP contribution in [0, 0.1) is 0 Å². The predicted molar refractivity (Wildman–Crippen MR) is 112 cm³/mol. The Kier molecular flexibility index (Phi) is 5.50. The van der Waals surface area contributed by atoms with Crippen LogP contribution in [0.3, 0.4) is 0 Å². The molecule has 1 amide bonds. The molecule has 1 saturated heterocycles. The fourth-order valence-electron chi connectivity index (χ4n) is 4.16. The van der Waals surface area contributed by atoms with E-state index in [0.717, 1.165) is 48.4 Å². The van der Waals surface area contributed by atoms with Gasteiger partial charge in [0.1, 0.15) is 22.7 Å². The summed E-state index contributed by atoms with van der Waals surface area (Å²) in [7, 11) is 0. The van der Waals surface area contributed by atoms with Gasteiger partial charge < -0.3 is 5.32 Å². The first kappa shape index (κ1) is 19.1. The normalized spacial score (nSPS) is 17.7. The van der Waals surface area contributed by atoms with E-state index in [1.54, 1.807) is 11.3 Å². The SMILES string of the molecule is CCCc1nn(CC(=O)NCC2CCCN2CC)c(=O)c2cc3ccsc3n12. The molecular weight excluding hydrogens is 374 g/mol. The third kappa shape index (κ3) is 3.46. The first-order valence-electron chi connectivity index (χ1n) is 10.1. The van der Waals surface area contributed by atoms with Crippen molar-refractivity contribution >= 4 is 33.0 Å². The molecular formula is C20H27N5O2S. The van der Waals surface area contributed by atoms with E-state index in [1.807, 2.05) is 21.9 Å². The van der Waals surface area contributed by atoms with E-state index in [-0.39, 0.29) is 18.0 Å². The van der Waals surface area contributed by atoms with E-state index < -0.39 is 0 Å². The van der Waals surface area contributed by atoms with Gasteiger partial charge >= 0.3 is 0 Å². The van der Waals surface area contributed by atoms with Crippen LogP contribution >= 0.6 is 11.3 Å². The molecule has 3 aromatic rings. The number of hydrogen-bond donors (Lipinski definition) is 1. The molecule has 150 valence electrons. The number of carbonyl (C=O) groups excluding carboxylic acids is 1. The number of aromatic nitrogens is 3. The minimum Gasteiger partial charge on any atom is -0.353 e. The summed E-state index contributed by atoms with van der Waals surface area (Å²) in [5, 5.41) is 10.6. The standard InChI is InChI=1S/C20H27N5O2S/c1-3-6-17-22-24(13-18(26)21-12-15-7-5-9-23(15)4-2)19(27)16-11-14-8-10-28-20(14)25(16)17/h8,10-11,15H,3-7,9,12-13H2,1-2H3,(H,21,26). The summed E-state index contributed by atoms with van der Waals surface area (Å²) in [6.07, 6.45) is 3.97. The maximum atomic E-state index is 12.9. The molecule has 7 nitrogen and oxygen atoms in total. The molecule has 28 heavy (non-hydrogen) atoms. The topological polar surface area (TPSA) is 71.6 Å². The van der Waals surface area contributed by atoms with Crippen molar-refractivity contribution in [1.82, 2.24) is 24.4 Å². The van der Waals surface area contributed by atoms with Crippen molar-refractivity contribution in [2.75, 3.05) is 19.6 Å². The van der Waals surface area contributed by atoms with Gasteiger partial charge in [-0.05, 0) is 49.9 Å². The molecule has 1 aliphatic heterocycles. The lowest BCUT2D eigenvalue weighted by atomic mass is 10.2. The zero-order valence-electron chi connectivity index (χ0n) is 16.5. The highest BCUT2D eigenvalue weighted by atomic mass is 32.1. The van der Waals surface area contributed by atoms with Crippen LogP contribution in [0.5, 0.6) is 0 Å². The van der Waals surface area contributed by atoms with Crippen molar-refractivity contribution < 1.29 is 4.79 Å². The van der Waals surface area contributed by atoms with Crippen LogP contribution < -0.4 is 10.9 Å². The van der Waals surface area contributed by atoms with E-state index >= 15 is 0 Å². The monoisotopic (exact) mass is 401 g/mol. The van der Waals surface area contributed by atoms with Gasteiger partial charge in [0.15, 0.2) is 0 Å². The Morgan fingerprint density at radius 2 is 2.25 bits per heavy atom. The van der Waals surface area contributed by atoms with Crippen LogP contribution in [0.4, 0.5) is 0 Å². The molecule has 1 fully saturated rings. The quantitative estimate of drug-likeness (QED) is 0.659. The van der Waals surface area contributed by atoms with Gasteiger partial charge in [0.25, 0.3) is 5.56 Å². The molecule has 8 heteroatoms. The van der Waals surface area contributed by atoms with Gasteiger partial charge in [-0.1, -0.05) is 13.8 Å². The molecule has 3 aromatic heterocycles. The molecule has 0 saturated carbocycles. The zero-order valence-corrected chi connectivity index (χ0v) is 17.3. The van der Waals surface area contributed by atoms with Gasteiger partial charge in [-0.15, -0.1) is 11.3 Å². The maximum absolute atomic E-state index is 12.9. The van der Waals surface area contributed by atoms with Gasteiger partial charge in [0.05, 0.1) is 0 Å². The summed E-state index contributed by atoms with van der Waals surface area (Å²) in [5.74, 6) is 0.674. The number of rotatable bonds is 7. The number of carbonyl (C=O) groups is 1. The number of fused-ring (bicyclic) bond motifs is 3. The molecule has 4 rings (SSSR count). The minimum absolute atomic E-state index is 0.0380. The van der Waals surface area contributed by atoms with E-state index in [1.165, 1.54) is 11.1 Å². The zero-order chi connectivity index (χ0) is 19.7. The van der Waals surface area contributed by atoms with Crippen molar-refractivity contribution in [3.8, 4) is 0 Å². The Morgan fingerprint density at radius 3 is 3.04 bits per heavy atom. The Hall–Kier alpha value is -2.19. The number of nitrogens with one attached hydrogen (secondary N) is 1. The molecule has 4 heterocycles. The smallest absolute Gasteiger partial charge is 0.291 e. The second-order valence-electron chi connectivity index (χ2n) is 7.40. The van der Waals surface area contributed by atoms with Gasteiger partial charge in [0.2, 0.25) is 5.91 Å². The molecule has 0 spiro atoms.